The Morgan fingerprint density at radius 3 is 2.88 bits per heavy atom. The molecule has 94 valence electrons. The lowest BCUT2D eigenvalue weighted by molar-refractivity contribution is -0.120. The van der Waals surface area contributed by atoms with Gasteiger partial charge in [0.05, 0.1) is 12.5 Å². The fraction of sp³-hybridized carbons (Fsp3) is 0.538. The van der Waals surface area contributed by atoms with Gasteiger partial charge in [0.1, 0.15) is 0 Å². The number of aromatic nitrogens is 1. The van der Waals surface area contributed by atoms with Crippen LogP contribution in [-0.2, 0) is 11.2 Å². The molecule has 0 aliphatic heterocycles. The van der Waals surface area contributed by atoms with Gasteiger partial charge in [0, 0.05) is 11.9 Å². The van der Waals surface area contributed by atoms with Gasteiger partial charge in [-0.3, -0.25) is 9.78 Å². The van der Waals surface area contributed by atoms with Crippen molar-refractivity contribution in [1.29, 1.82) is 0 Å². The number of nitrogens with zero attached hydrogens (tertiary/aromatic N) is 1. The molecule has 0 unspecified atom stereocenters. The van der Waals surface area contributed by atoms with Crippen molar-refractivity contribution in [3.8, 4) is 0 Å². The van der Waals surface area contributed by atoms with Gasteiger partial charge in [-0.15, -0.1) is 0 Å². The number of aliphatic hydroxyl groups is 1. The molecule has 0 saturated heterocycles. The molecule has 1 rings (SSSR count). The van der Waals surface area contributed by atoms with E-state index < -0.39 is 12.0 Å². The van der Waals surface area contributed by atoms with Gasteiger partial charge < -0.3 is 10.8 Å². The van der Waals surface area contributed by atoms with Crippen molar-refractivity contribution in [3.05, 3.63) is 30.1 Å². The van der Waals surface area contributed by atoms with Crippen molar-refractivity contribution in [3.63, 3.8) is 0 Å². The van der Waals surface area contributed by atoms with Crippen LogP contribution in [0.1, 0.15) is 31.9 Å². The minimum absolute atomic E-state index is 0.0464. The predicted molar refractivity (Wildman–Crippen MR) is 66.2 cm³/mol. The average molecular weight is 236 g/mol. The van der Waals surface area contributed by atoms with Crippen LogP contribution in [0, 0.1) is 5.92 Å². The van der Waals surface area contributed by atoms with Crippen LogP contribution in [0.2, 0.25) is 0 Å². The molecule has 0 fully saturated rings. The molecule has 0 spiro atoms. The number of primary amides is 1. The first-order valence-corrected chi connectivity index (χ1v) is 5.96. The molecule has 0 saturated carbocycles. The van der Waals surface area contributed by atoms with Crippen molar-refractivity contribution in [1.82, 2.24) is 4.98 Å². The summed E-state index contributed by atoms with van der Waals surface area (Å²) < 4.78 is 0. The maximum Gasteiger partial charge on any atom is 0.220 e. The molecule has 0 bridgehead atoms. The molecule has 0 aliphatic rings. The first-order valence-electron chi connectivity index (χ1n) is 5.96. The molecule has 17 heavy (non-hydrogen) atoms. The molecule has 2 atom stereocenters. The number of amides is 1. The van der Waals surface area contributed by atoms with Crippen molar-refractivity contribution >= 4 is 5.91 Å². The number of hydrogen-bond acceptors (Lipinski definition) is 3. The Labute approximate surface area is 102 Å². The number of rotatable bonds is 7. The Morgan fingerprint density at radius 2 is 2.29 bits per heavy atom. The number of aryl methyl sites for hydroxylation is 1. The Kier molecular flexibility index (Phi) is 5.63. The molecule has 3 N–H and O–H groups in total. The number of pyridine rings is 1. The summed E-state index contributed by atoms with van der Waals surface area (Å²) in [5.41, 5.74) is 6.10. The number of nitrogens with two attached hydrogens (primary N) is 1. The van der Waals surface area contributed by atoms with E-state index in [9.17, 15) is 9.90 Å². The highest BCUT2D eigenvalue weighted by Crippen LogP contribution is 2.15. The van der Waals surface area contributed by atoms with Crippen LogP contribution in [0.15, 0.2) is 24.4 Å². The van der Waals surface area contributed by atoms with Gasteiger partial charge in [0.25, 0.3) is 0 Å². The summed E-state index contributed by atoms with van der Waals surface area (Å²) in [5.74, 6) is -0.361. The lowest BCUT2D eigenvalue weighted by atomic mass is 9.95. The number of hydrogen-bond donors (Lipinski definition) is 2. The van der Waals surface area contributed by atoms with Gasteiger partial charge in [0.15, 0.2) is 0 Å². The smallest absolute Gasteiger partial charge is 0.220 e. The van der Waals surface area contributed by atoms with Gasteiger partial charge in [-0.05, 0) is 37.3 Å². The zero-order chi connectivity index (χ0) is 12.7. The second-order valence-electron chi connectivity index (χ2n) is 4.43. The monoisotopic (exact) mass is 236 g/mol. The third kappa shape index (κ3) is 5.45. The zero-order valence-electron chi connectivity index (χ0n) is 10.2. The highest BCUT2D eigenvalue weighted by atomic mass is 16.3. The topological polar surface area (TPSA) is 76.2 Å². The average Bonchev–Trinajstić information content (AvgIpc) is 2.29. The Bertz CT molecular complexity index is 341. The summed E-state index contributed by atoms with van der Waals surface area (Å²) in [4.78, 5) is 14.9. The summed E-state index contributed by atoms with van der Waals surface area (Å²) in [6.07, 6.45) is 3.91. The van der Waals surface area contributed by atoms with Gasteiger partial charge in [-0.1, -0.05) is 13.0 Å². The minimum Gasteiger partial charge on any atom is -0.392 e. The summed E-state index contributed by atoms with van der Waals surface area (Å²) in [5, 5.41) is 9.67. The van der Waals surface area contributed by atoms with E-state index in [0.29, 0.717) is 0 Å². The predicted octanol–water partition coefficient (Wildman–Crippen LogP) is 1.28. The Morgan fingerprint density at radius 1 is 1.53 bits per heavy atom. The fourth-order valence-electron chi connectivity index (χ4n) is 1.75. The van der Waals surface area contributed by atoms with Crippen molar-refractivity contribution in [2.24, 2.45) is 11.7 Å². The van der Waals surface area contributed by atoms with E-state index in [-0.39, 0.29) is 12.3 Å². The second kappa shape index (κ2) is 7.01. The molecule has 4 nitrogen and oxygen atoms in total. The van der Waals surface area contributed by atoms with Crippen LogP contribution in [0.25, 0.3) is 0 Å². The molecule has 1 heterocycles. The molecular weight excluding hydrogens is 216 g/mol. The first-order chi connectivity index (χ1) is 8.09. The van der Waals surface area contributed by atoms with Crippen LogP contribution in [0.5, 0.6) is 0 Å². The molecule has 0 radical (unpaired) electrons. The largest absolute Gasteiger partial charge is 0.392 e. The van der Waals surface area contributed by atoms with Crippen LogP contribution in [0.4, 0.5) is 0 Å². The van der Waals surface area contributed by atoms with Crippen molar-refractivity contribution in [2.75, 3.05) is 0 Å². The van der Waals surface area contributed by atoms with Crippen LogP contribution in [0.3, 0.4) is 0 Å². The van der Waals surface area contributed by atoms with Crippen molar-refractivity contribution in [2.45, 2.75) is 38.7 Å². The highest BCUT2D eigenvalue weighted by molar-refractivity contribution is 5.74. The van der Waals surface area contributed by atoms with Gasteiger partial charge in [0.2, 0.25) is 5.91 Å². The number of carbonyl (C=O) groups is 1. The number of carbonyl (C=O) groups excluding carboxylic acids is 1. The fourth-order valence-corrected chi connectivity index (χ4v) is 1.75. The third-order valence-corrected chi connectivity index (χ3v) is 2.89. The molecule has 1 aromatic heterocycles. The van der Waals surface area contributed by atoms with Crippen molar-refractivity contribution < 1.29 is 9.90 Å². The van der Waals surface area contributed by atoms with E-state index in [1.165, 1.54) is 0 Å². The van der Waals surface area contributed by atoms with E-state index >= 15 is 0 Å². The Hall–Kier alpha value is -1.42. The minimum atomic E-state index is -0.628. The summed E-state index contributed by atoms with van der Waals surface area (Å²) in [7, 11) is 0. The van der Waals surface area contributed by atoms with E-state index in [1.807, 2.05) is 25.1 Å². The van der Waals surface area contributed by atoms with Gasteiger partial charge in [-0.25, -0.2) is 0 Å². The highest BCUT2D eigenvalue weighted by Gasteiger charge is 2.16. The molecule has 4 heteroatoms. The maximum absolute atomic E-state index is 10.7. The lowest BCUT2D eigenvalue weighted by Gasteiger charge is -2.17. The quantitative estimate of drug-likeness (QED) is 0.748. The SMILES string of the molecule is C[C@H](CCCc1ccccn1)[C@@H](O)CC(N)=O. The van der Waals surface area contributed by atoms with Gasteiger partial charge >= 0.3 is 0 Å². The van der Waals surface area contributed by atoms with E-state index in [4.69, 9.17) is 5.73 Å². The summed E-state index contributed by atoms with van der Waals surface area (Å²) in [6, 6.07) is 5.85. The van der Waals surface area contributed by atoms with Crippen LogP contribution >= 0.6 is 0 Å². The number of aliphatic hydroxyl groups excluding tert-OH is 1. The molecule has 1 amide bonds. The van der Waals surface area contributed by atoms with Gasteiger partial charge in [-0.2, -0.15) is 0 Å². The normalized spacial score (nSPS) is 14.2. The lowest BCUT2D eigenvalue weighted by Crippen LogP contribution is -2.25. The van der Waals surface area contributed by atoms with E-state index in [2.05, 4.69) is 4.98 Å². The Balaban J connectivity index is 2.24. The molecule has 0 aliphatic carbocycles. The second-order valence-corrected chi connectivity index (χ2v) is 4.43. The van der Waals surface area contributed by atoms with Crippen LogP contribution in [-0.4, -0.2) is 22.1 Å². The summed E-state index contributed by atoms with van der Waals surface area (Å²) >= 11 is 0. The zero-order valence-corrected chi connectivity index (χ0v) is 10.2. The summed E-state index contributed by atoms with van der Waals surface area (Å²) in [6.45, 7) is 1.94. The van der Waals surface area contributed by atoms with Crippen LogP contribution < -0.4 is 5.73 Å². The molecule has 0 aromatic carbocycles. The maximum atomic E-state index is 10.7. The standard InChI is InChI=1S/C13H20N2O2/c1-10(12(16)9-13(14)17)5-4-7-11-6-2-3-8-15-11/h2-3,6,8,10,12,16H,4-5,7,9H2,1H3,(H2,14,17)/t10-,12+/m1/s1. The third-order valence-electron chi connectivity index (χ3n) is 2.89. The van der Waals surface area contributed by atoms with E-state index in [0.717, 1.165) is 25.0 Å². The molecular formula is C13H20N2O2. The molecule has 1 aromatic rings. The first kappa shape index (κ1) is 13.6. The van der Waals surface area contributed by atoms with E-state index in [1.54, 1.807) is 6.20 Å².